The summed E-state index contributed by atoms with van der Waals surface area (Å²) < 4.78 is 9.14. The zero-order valence-corrected chi connectivity index (χ0v) is 10.3. The van der Waals surface area contributed by atoms with Gasteiger partial charge in [0.05, 0.1) is 11.5 Å². The molecule has 1 aliphatic carbocycles. The van der Waals surface area contributed by atoms with Gasteiger partial charge in [-0.2, -0.15) is 25.3 Å². The quantitative estimate of drug-likeness (QED) is 0.437. The predicted molar refractivity (Wildman–Crippen MR) is 63.5 cm³/mol. The van der Waals surface area contributed by atoms with Gasteiger partial charge in [0.15, 0.2) is 0 Å². The van der Waals surface area contributed by atoms with E-state index in [0.29, 0.717) is 0 Å². The topological polar surface area (TPSA) is 52.6 Å². The fourth-order valence-corrected chi connectivity index (χ4v) is 0.585. The van der Waals surface area contributed by atoms with Crippen LogP contribution in [0.4, 0.5) is 0 Å². The fraction of sp³-hybridized carbons (Fsp3) is 0.778. The zero-order chi connectivity index (χ0) is 11.5. The Balaban J connectivity index is 0.000000548. The Labute approximate surface area is 101 Å². The number of rotatable bonds is 5. The molecule has 0 aromatic heterocycles. The van der Waals surface area contributed by atoms with E-state index in [1.807, 2.05) is 0 Å². The van der Waals surface area contributed by atoms with Gasteiger partial charge >= 0.3 is 11.9 Å². The molecule has 0 aliphatic heterocycles. The molecule has 0 N–H and O–H groups in total. The van der Waals surface area contributed by atoms with Crippen LogP contribution < -0.4 is 0 Å². The first-order chi connectivity index (χ1) is 7.20. The van der Waals surface area contributed by atoms with Crippen molar-refractivity contribution in [1.82, 2.24) is 0 Å². The molecule has 0 spiro atoms. The van der Waals surface area contributed by atoms with Crippen LogP contribution in [0.25, 0.3) is 0 Å². The highest BCUT2D eigenvalue weighted by molar-refractivity contribution is 7.81. The van der Waals surface area contributed by atoms with Gasteiger partial charge in [0.1, 0.15) is 13.2 Å². The molecule has 0 atom stereocenters. The van der Waals surface area contributed by atoms with E-state index < -0.39 is 11.9 Å². The van der Waals surface area contributed by atoms with E-state index in [9.17, 15) is 9.59 Å². The predicted octanol–water partition coefficient (Wildman–Crippen LogP) is 1.10. The first-order valence-electron chi connectivity index (χ1n) is 4.73. The SMILES string of the molecule is C1CC1.O=C(CS)OCCOC(=O)CS. The van der Waals surface area contributed by atoms with Gasteiger partial charge in [-0.1, -0.05) is 19.3 Å². The van der Waals surface area contributed by atoms with Crippen LogP contribution in [0.5, 0.6) is 0 Å². The first-order valence-corrected chi connectivity index (χ1v) is 6.00. The summed E-state index contributed by atoms with van der Waals surface area (Å²) in [5.74, 6) is -0.804. The van der Waals surface area contributed by atoms with E-state index in [0.717, 1.165) is 0 Å². The maximum atomic E-state index is 10.5. The highest BCUT2D eigenvalue weighted by Crippen LogP contribution is 2.14. The molecule has 0 aromatic carbocycles. The number of esters is 2. The van der Waals surface area contributed by atoms with Crippen LogP contribution in [0.2, 0.25) is 0 Å². The number of hydrogen-bond acceptors (Lipinski definition) is 6. The van der Waals surface area contributed by atoms with Crippen molar-refractivity contribution in [3.63, 3.8) is 0 Å². The zero-order valence-electron chi connectivity index (χ0n) is 8.48. The van der Waals surface area contributed by atoms with Crippen molar-refractivity contribution in [3.8, 4) is 0 Å². The van der Waals surface area contributed by atoms with Crippen molar-refractivity contribution in [2.24, 2.45) is 0 Å². The van der Waals surface area contributed by atoms with Crippen molar-refractivity contribution in [3.05, 3.63) is 0 Å². The van der Waals surface area contributed by atoms with Gasteiger partial charge in [0.25, 0.3) is 0 Å². The molecule has 1 aliphatic rings. The van der Waals surface area contributed by atoms with Crippen LogP contribution in [0, 0.1) is 0 Å². The lowest BCUT2D eigenvalue weighted by molar-refractivity contribution is -0.148. The molecular weight excluding hydrogens is 236 g/mol. The van der Waals surface area contributed by atoms with Gasteiger partial charge in [0.2, 0.25) is 0 Å². The number of ether oxygens (including phenoxy) is 2. The largest absolute Gasteiger partial charge is 0.461 e. The third-order valence-electron chi connectivity index (χ3n) is 1.22. The number of carbonyl (C=O) groups excluding carboxylic acids is 2. The lowest BCUT2D eigenvalue weighted by Crippen LogP contribution is -2.14. The number of hydrogen-bond donors (Lipinski definition) is 2. The average Bonchev–Trinajstić information content (AvgIpc) is 3.10. The maximum Gasteiger partial charge on any atom is 0.315 e. The van der Waals surface area contributed by atoms with E-state index in [-0.39, 0.29) is 24.7 Å². The van der Waals surface area contributed by atoms with Gasteiger partial charge in [-0.25, -0.2) is 0 Å². The molecule has 0 aromatic rings. The Bertz CT molecular complexity index is 174. The van der Waals surface area contributed by atoms with Crippen molar-refractivity contribution in [2.75, 3.05) is 24.7 Å². The molecule has 4 nitrogen and oxygen atoms in total. The normalized spacial score (nSPS) is 12.1. The molecular formula is C9H16O4S2. The first kappa shape index (κ1) is 14.6. The minimum atomic E-state index is -0.430. The van der Waals surface area contributed by atoms with Crippen LogP contribution in [-0.2, 0) is 19.1 Å². The molecule has 15 heavy (non-hydrogen) atoms. The van der Waals surface area contributed by atoms with Crippen LogP contribution >= 0.6 is 25.3 Å². The second-order valence-corrected chi connectivity index (χ2v) is 3.45. The Hall–Kier alpha value is -0.360. The molecule has 0 bridgehead atoms. The van der Waals surface area contributed by atoms with E-state index in [2.05, 4.69) is 34.7 Å². The third kappa shape index (κ3) is 13.6. The van der Waals surface area contributed by atoms with Crippen molar-refractivity contribution in [1.29, 1.82) is 0 Å². The molecule has 1 fully saturated rings. The number of carbonyl (C=O) groups is 2. The molecule has 88 valence electrons. The van der Waals surface area contributed by atoms with Crippen LogP contribution in [0.3, 0.4) is 0 Å². The summed E-state index contributed by atoms with van der Waals surface area (Å²) >= 11 is 7.36. The molecule has 0 amide bonds. The van der Waals surface area contributed by atoms with Crippen molar-refractivity contribution < 1.29 is 19.1 Å². The lowest BCUT2D eigenvalue weighted by atomic mass is 10.7. The van der Waals surface area contributed by atoms with Gasteiger partial charge in [0, 0.05) is 0 Å². The lowest BCUT2D eigenvalue weighted by Gasteiger charge is -2.03. The average molecular weight is 252 g/mol. The second kappa shape index (κ2) is 10.2. The third-order valence-corrected chi connectivity index (χ3v) is 1.74. The Morgan fingerprint density at radius 1 is 0.867 bits per heavy atom. The summed E-state index contributed by atoms with van der Waals surface area (Å²) in [4.78, 5) is 20.9. The minimum Gasteiger partial charge on any atom is -0.461 e. The fourth-order valence-electron chi connectivity index (χ4n) is 0.402. The number of thiol groups is 2. The van der Waals surface area contributed by atoms with Gasteiger partial charge in [-0.05, 0) is 0 Å². The van der Waals surface area contributed by atoms with Gasteiger partial charge in [-0.3, -0.25) is 9.59 Å². The van der Waals surface area contributed by atoms with Crippen LogP contribution in [0.1, 0.15) is 19.3 Å². The van der Waals surface area contributed by atoms with Gasteiger partial charge in [-0.15, -0.1) is 0 Å². The Morgan fingerprint density at radius 3 is 1.40 bits per heavy atom. The summed E-state index contributed by atoms with van der Waals surface area (Å²) in [5.41, 5.74) is 0. The Kier molecular flexibility index (Phi) is 9.92. The Morgan fingerprint density at radius 2 is 1.20 bits per heavy atom. The second-order valence-electron chi connectivity index (χ2n) is 2.82. The van der Waals surface area contributed by atoms with Crippen molar-refractivity contribution in [2.45, 2.75) is 19.3 Å². The molecule has 6 heteroatoms. The summed E-state index contributed by atoms with van der Waals surface area (Å²) in [6.07, 6.45) is 4.50. The van der Waals surface area contributed by atoms with Crippen molar-refractivity contribution >= 4 is 37.2 Å². The van der Waals surface area contributed by atoms with E-state index in [4.69, 9.17) is 0 Å². The summed E-state index contributed by atoms with van der Waals surface area (Å²) in [6.45, 7) is 0.137. The molecule has 0 radical (unpaired) electrons. The molecule has 1 saturated carbocycles. The minimum absolute atomic E-state index is 0.0283. The highest BCUT2D eigenvalue weighted by atomic mass is 32.1. The van der Waals surface area contributed by atoms with E-state index >= 15 is 0 Å². The molecule has 0 heterocycles. The standard InChI is InChI=1S/C6H10O4S2.C3H6/c7-5(3-11)9-1-2-10-6(8)4-12;1-2-3-1/h11-12H,1-4H2;1-3H2. The summed E-state index contributed by atoms with van der Waals surface area (Å²) in [5, 5.41) is 0. The molecule has 1 rings (SSSR count). The smallest absolute Gasteiger partial charge is 0.315 e. The monoisotopic (exact) mass is 252 g/mol. The van der Waals surface area contributed by atoms with Crippen LogP contribution in [-0.4, -0.2) is 36.7 Å². The molecule has 0 saturated heterocycles. The van der Waals surface area contributed by atoms with Gasteiger partial charge < -0.3 is 9.47 Å². The highest BCUT2D eigenvalue weighted by Gasteiger charge is 2.00. The summed E-state index contributed by atoms with van der Waals surface area (Å²) in [7, 11) is 0. The summed E-state index contributed by atoms with van der Waals surface area (Å²) in [6, 6.07) is 0. The molecule has 0 unspecified atom stereocenters. The van der Waals surface area contributed by atoms with E-state index in [1.54, 1.807) is 0 Å². The van der Waals surface area contributed by atoms with Crippen LogP contribution in [0.15, 0.2) is 0 Å². The van der Waals surface area contributed by atoms with E-state index in [1.165, 1.54) is 19.3 Å². The maximum absolute atomic E-state index is 10.5.